The van der Waals surface area contributed by atoms with Crippen LogP contribution in [0.4, 0.5) is 0 Å². The Labute approximate surface area is 126 Å². The lowest BCUT2D eigenvalue weighted by atomic mass is 9.77. The van der Waals surface area contributed by atoms with E-state index in [1.54, 1.807) is 0 Å². The Hall–Kier alpha value is -1.68. The fraction of sp³-hybridized carbons (Fsp3) is 0.529. The Balaban J connectivity index is 1.87. The van der Waals surface area contributed by atoms with E-state index in [0.717, 1.165) is 18.8 Å². The summed E-state index contributed by atoms with van der Waals surface area (Å²) in [5.74, 6) is 1.26. The van der Waals surface area contributed by atoms with Gasteiger partial charge in [0.1, 0.15) is 0 Å². The number of para-hydroxylation sites is 1. The van der Waals surface area contributed by atoms with Crippen molar-refractivity contribution in [3.63, 3.8) is 0 Å². The van der Waals surface area contributed by atoms with Crippen molar-refractivity contribution in [1.82, 2.24) is 20.3 Å². The van der Waals surface area contributed by atoms with E-state index in [0.29, 0.717) is 11.8 Å². The first-order chi connectivity index (χ1) is 10.4. The zero-order valence-electron chi connectivity index (χ0n) is 12.7. The van der Waals surface area contributed by atoms with Crippen LogP contribution in [-0.4, -0.2) is 28.1 Å². The van der Waals surface area contributed by atoms with Crippen molar-refractivity contribution in [3.05, 3.63) is 42.2 Å². The van der Waals surface area contributed by atoms with Crippen molar-refractivity contribution in [2.24, 2.45) is 5.92 Å². The summed E-state index contributed by atoms with van der Waals surface area (Å²) in [4.78, 5) is 0. The molecular weight excluding hydrogens is 260 g/mol. The minimum atomic E-state index is 0.563. The van der Waals surface area contributed by atoms with Crippen LogP contribution in [0, 0.1) is 5.92 Å². The molecule has 1 aliphatic carbocycles. The molecule has 0 aliphatic heterocycles. The summed E-state index contributed by atoms with van der Waals surface area (Å²) in [6.07, 6.45) is 7.17. The van der Waals surface area contributed by atoms with Gasteiger partial charge in [-0.3, -0.25) is 0 Å². The van der Waals surface area contributed by atoms with Crippen molar-refractivity contribution >= 4 is 0 Å². The smallest absolute Gasteiger partial charge is 0.0732 e. The summed E-state index contributed by atoms with van der Waals surface area (Å²) in [5.41, 5.74) is 2.38. The fourth-order valence-electron chi connectivity index (χ4n) is 3.44. The van der Waals surface area contributed by atoms with Gasteiger partial charge in [-0.05, 0) is 44.0 Å². The molecule has 0 amide bonds. The Morgan fingerprint density at radius 2 is 2.00 bits per heavy atom. The van der Waals surface area contributed by atoms with Gasteiger partial charge in [0.15, 0.2) is 0 Å². The molecule has 0 saturated heterocycles. The highest BCUT2D eigenvalue weighted by Gasteiger charge is 2.29. The number of nitrogens with zero attached hydrogens (tertiary/aromatic N) is 3. The summed E-state index contributed by atoms with van der Waals surface area (Å²) in [7, 11) is 0. The maximum absolute atomic E-state index is 4.32. The van der Waals surface area contributed by atoms with Gasteiger partial charge in [0, 0.05) is 5.92 Å². The second kappa shape index (κ2) is 6.85. The average molecular weight is 284 g/mol. The van der Waals surface area contributed by atoms with E-state index in [1.165, 1.54) is 31.4 Å². The molecule has 0 radical (unpaired) electrons. The minimum Gasteiger partial charge on any atom is -0.317 e. The lowest BCUT2D eigenvalue weighted by molar-refractivity contribution is 0.290. The molecule has 1 fully saturated rings. The van der Waals surface area contributed by atoms with Crippen LogP contribution in [0.25, 0.3) is 5.69 Å². The predicted molar refractivity (Wildman–Crippen MR) is 84.6 cm³/mol. The zero-order chi connectivity index (χ0) is 14.5. The third-order valence-corrected chi connectivity index (χ3v) is 4.52. The quantitative estimate of drug-likeness (QED) is 0.917. The maximum Gasteiger partial charge on any atom is 0.0732 e. The van der Waals surface area contributed by atoms with E-state index in [-0.39, 0.29) is 0 Å². The predicted octanol–water partition coefficient (Wildman–Crippen LogP) is 3.15. The van der Waals surface area contributed by atoms with Gasteiger partial charge in [0.05, 0.1) is 17.6 Å². The van der Waals surface area contributed by atoms with E-state index >= 15 is 0 Å². The van der Waals surface area contributed by atoms with Crippen molar-refractivity contribution in [2.75, 3.05) is 13.1 Å². The summed E-state index contributed by atoms with van der Waals surface area (Å²) in [6, 6.07) is 10.3. The fourth-order valence-corrected chi connectivity index (χ4v) is 3.44. The average Bonchev–Trinajstić information content (AvgIpc) is 3.03. The number of benzene rings is 1. The lowest BCUT2D eigenvalue weighted by Crippen LogP contribution is -2.30. The number of hydrogen-bond donors (Lipinski definition) is 1. The zero-order valence-corrected chi connectivity index (χ0v) is 12.7. The van der Waals surface area contributed by atoms with Crippen LogP contribution in [0.2, 0.25) is 0 Å². The summed E-state index contributed by atoms with van der Waals surface area (Å²) < 4.78 is 2.02. The molecular formula is C17H24N4. The summed E-state index contributed by atoms with van der Waals surface area (Å²) in [6.45, 7) is 4.31. The molecule has 4 nitrogen and oxygen atoms in total. The Bertz CT molecular complexity index is 549. The first-order valence-electron chi connectivity index (χ1n) is 8.07. The van der Waals surface area contributed by atoms with Crippen LogP contribution in [0.15, 0.2) is 36.5 Å². The standard InChI is InChI=1S/C17H24N4/c1-2-18-12-14-8-6-7-11-16(14)17-13-19-20-21(17)15-9-4-3-5-10-15/h3-5,9-10,13-14,16,18H,2,6-8,11-12H2,1H3. The van der Waals surface area contributed by atoms with E-state index in [1.807, 2.05) is 16.9 Å². The second-order valence-electron chi connectivity index (χ2n) is 5.86. The second-order valence-corrected chi connectivity index (χ2v) is 5.86. The SMILES string of the molecule is CCNCC1CCCCC1c1cnnn1-c1ccccc1. The van der Waals surface area contributed by atoms with Gasteiger partial charge in [-0.15, -0.1) is 5.10 Å². The molecule has 1 aliphatic rings. The molecule has 112 valence electrons. The molecule has 2 atom stereocenters. The molecule has 2 unspecified atom stereocenters. The van der Waals surface area contributed by atoms with Crippen LogP contribution in [0.3, 0.4) is 0 Å². The number of aromatic nitrogens is 3. The number of nitrogens with one attached hydrogen (secondary N) is 1. The monoisotopic (exact) mass is 284 g/mol. The topological polar surface area (TPSA) is 42.7 Å². The van der Waals surface area contributed by atoms with E-state index in [4.69, 9.17) is 0 Å². The molecule has 1 N–H and O–H groups in total. The Morgan fingerprint density at radius 1 is 1.19 bits per heavy atom. The molecule has 0 spiro atoms. The highest BCUT2D eigenvalue weighted by Crippen LogP contribution is 2.37. The first kappa shape index (κ1) is 14.3. The van der Waals surface area contributed by atoms with Crippen molar-refractivity contribution in [3.8, 4) is 5.69 Å². The molecule has 0 bridgehead atoms. The van der Waals surface area contributed by atoms with E-state index < -0.39 is 0 Å². The van der Waals surface area contributed by atoms with Gasteiger partial charge >= 0.3 is 0 Å². The summed E-state index contributed by atoms with van der Waals surface area (Å²) >= 11 is 0. The first-order valence-corrected chi connectivity index (χ1v) is 8.07. The Morgan fingerprint density at radius 3 is 2.81 bits per heavy atom. The molecule has 1 aromatic heterocycles. The normalized spacial score (nSPS) is 22.3. The van der Waals surface area contributed by atoms with Crippen molar-refractivity contribution in [1.29, 1.82) is 0 Å². The number of hydrogen-bond acceptors (Lipinski definition) is 3. The van der Waals surface area contributed by atoms with Crippen molar-refractivity contribution < 1.29 is 0 Å². The largest absolute Gasteiger partial charge is 0.317 e. The van der Waals surface area contributed by atoms with E-state index in [9.17, 15) is 0 Å². The third kappa shape index (κ3) is 3.16. The molecule has 21 heavy (non-hydrogen) atoms. The van der Waals surface area contributed by atoms with Crippen LogP contribution in [0.5, 0.6) is 0 Å². The lowest BCUT2D eigenvalue weighted by Gasteiger charge is -2.31. The Kier molecular flexibility index (Phi) is 4.65. The molecule has 1 aromatic carbocycles. The summed E-state index contributed by atoms with van der Waals surface area (Å²) in [5, 5.41) is 12.0. The number of rotatable bonds is 5. The molecule has 1 heterocycles. The molecule has 4 heteroatoms. The molecule has 3 rings (SSSR count). The maximum atomic E-state index is 4.32. The van der Waals surface area contributed by atoms with Gasteiger partial charge in [-0.25, -0.2) is 4.68 Å². The van der Waals surface area contributed by atoms with Crippen LogP contribution in [0.1, 0.15) is 44.2 Å². The minimum absolute atomic E-state index is 0.563. The van der Waals surface area contributed by atoms with Gasteiger partial charge < -0.3 is 5.32 Å². The van der Waals surface area contributed by atoms with Crippen molar-refractivity contribution in [2.45, 2.75) is 38.5 Å². The highest BCUT2D eigenvalue weighted by atomic mass is 15.4. The third-order valence-electron chi connectivity index (χ3n) is 4.52. The van der Waals surface area contributed by atoms with Crippen LogP contribution >= 0.6 is 0 Å². The van der Waals surface area contributed by atoms with Crippen LogP contribution in [-0.2, 0) is 0 Å². The highest BCUT2D eigenvalue weighted by molar-refractivity contribution is 5.32. The van der Waals surface area contributed by atoms with E-state index in [2.05, 4.69) is 46.8 Å². The molecule has 1 saturated carbocycles. The van der Waals surface area contributed by atoms with Gasteiger partial charge in [0.25, 0.3) is 0 Å². The van der Waals surface area contributed by atoms with Crippen LogP contribution < -0.4 is 5.32 Å². The van der Waals surface area contributed by atoms with Gasteiger partial charge in [-0.2, -0.15) is 0 Å². The molecule has 2 aromatic rings. The van der Waals surface area contributed by atoms with Gasteiger partial charge in [0.2, 0.25) is 0 Å². The van der Waals surface area contributed by atoms with Gasteiger partial charge in [-0.1, -0.05) is 43.2 Å².